The lowest BCUT2D eigenvalue weighted by atomic mass is 9.74. The van der Waals surface area contributed by atoms with Crippen molar-refractivity contribution in [2.45, 2.75) is 52.0 Å². The molecule has 0 aliphatic heterocycles. The summed E-state index contributed by atoms with van der Waals surface area (Å²) in [5.41, 5.74) is 0.0636. The van der Waals surface area contributed by atoms with Gasteiger partial charge in [-0.1, -0.05) is 19.3 Å². The maximum Gasteiger partial charge on any atom is 0.211 e. The predicted molar refractivity (Wildman–Crippen MR) is 70.3 cm³/mol. The Balaban J connectivity index is 1.89. The second-order valence-corrected chi connectivity index (χ2v) is 5.63. The van der Waals surface area contributed by atoms with Crippen LogP contribution in [0.4, 0.5) is 0 Å². The number of hydrogen-bond acceptors (Lipinski definition) is 4. The molecule has 0 amide bonds. The minimum Gasteiger partial charge on any atom is -0.444 e. The van der Waals surface area contributed by atoms with Gasteiger partial charge in [0.25, 0.3) is 0 Å². The van der Waals surface area contributed by atoms with Crippen LogP contribution in [0.3, 0.4) is 0 Å². The number of aliphatic hydroxyl groups excluding tert-OH is 1. The summed E-state index contributed by atoms with van der Waals surface area (Å²) >= 11 is 0. The Morgan fingerprint density at radius 2 is 2.17 bits per heavy atom. The van der Waals surface area contributed by atoms with Crippen molar-refractivity contribution in [2.75, 3.05) is 13.2 Å². The summed E-state index contributed by atoms with van der Waals surface area (Å²) in [6.45, 7) is 5.07. The Hall–Kier alpha value is -0.870. The van der Waals surface area contributed by atoms with Gasteiger partial charge in [-0.2, -0.15) is 0 Å². The molecule has 0 radical (unpaired) electrons. The molecule has 1 saturated carbocycles. The van der Waals surface area contributed by atoms with Crippen molar-refractivity contribution in [3.05, 3.63) is 17.8 Å². The van der Waals surface area contributed by atoms with Gasteiger partial charge in [0.1, 0.15) is 5.76 Å². The van der Waals surface area contributed by atoms with Gasteiger partial charge in [-0.15, -0.1) is 0 Å². The summed E-state index contributed by atoms with van der Waals surface area (Å²) in [7, 11) is 0. The highest BCUT2D eigenvalue weighted by Gasteiger charge is 2.31. The van der Waals surface area contributed by atoms with E-state index >= 15 is 0 Å². The van der Waals surface area contributed by atoms with Crippen LogP contribution in [0, 0.1) is 12.3 Å². The van der Waals surface area contributed by atoms with Crippen LogP contribution < -0.4 is 5.32 Å². The first-order chi connectivity index (χ1) is 8.65. The summed E-state index contributed by atoms with van der Waals surface area (Å²) < 4.78 is 5.52. The Morgan fingerprint density at radius 3 is 2.72 bits per heavy atom. The monoisotopic (exact) mass is 252 g/mol. The summed E-state index contributed by atoms with van der Waals surface area (Å²) in [5.74, 6) is 1.57. The molecule has 4 heteroatoms. The van der Waals surface area contributed by atoms with Gasteiger partial charge in [0, 0.05) is 18.6 Å². The topological polar surface area (TPSA) is 58.3 Å². The summed E-state index contributed by atoms with van der Waals surface area (Å²) in [6.07, 6.45) is 7.75. The molecule has 1 aliphatic carbocycles. The molecule has 1 aromatic rings. The third-order valence-corrected chi connectivity index (χ3v) is 4.04. The molecule has 18 heavy (non-hydrogen) atoms. The smallest absolute Gasteiger partial charge is 0.211 e. The lowest BCUT2D eigenvalue weighted by Crippen LogP contribution is -2.40. The predicted octanol–water partition coefficient (Wildman–Crippen LogP) is 2.58. The van der Waals surface area contributed by atoms with E-state index in [0.29, 0.717) is 0 Å². The average Bonchev–Trinajstić information content (AvgIpc) is 2.84. The summed E-state index contributed by atoms with van der Waals surface area (Å²) in [4.78, 5) is 4.24. The largest absolute Gasteiger partial charge is 0.444 e. The molecule has 0 saturated heterocycles. The Kier molecular flexibility index (Phi) is 4.40. The van der Waals surface area contributed by atoms with Crippen molar-refractivity contribution in [3.8, 4) is 0 Å². The van der Waals surface area contributed by atoms with Gasteiger partial charge >= 0.3 is 0 Å². The molecule has 1 unspecified atom stereocenters. The van der Waals surface area contributed by atoms with Crippen LogP contribution in [0.5, 0.6) is 0 Å². The number of nitrogens with zero attached hydrogens (tertiary/aromatic N) is 1. The SMILES string of the molecule is Cc1cnc(C(C)NCC2(CO)CCCCC2)o1. The molecular weight excluding hydrogens is 228 g/mol. The molecule has 1 aromatic heterocycles. The fourth-order valence-corrected chi connectivity index (χ4v) is 2.72. The Bertz CT molecular complexity index is 370. The fraction of sp³-hybridized carbons (Fsp3) is 0.786. The van der Waals surface area contributed by atoms with Gasteiger partial charge < -0.3 is 14.8 Å². The molecule has 102 valence electrons. The number of nitrogens with one attached hydrogen (secondary N) is 1. The van der Waals surface area contributed by atoms with Crippen LogP contribution in [0.1, 0.15) is 56.7 Å². The maximum atomic E-state index is 9.65. The molecule has 2 N–H and O–H groups in total. The normalized spacial score (nSPS) is 20.8. The zero-order valence-electron chi connectivity index (χ0n) is 11.4. The molecule has 1 fully saturated rings. The van der Waals surface area contributed by atoms with E-state index in [2.05, 4.69) is 17.2 Å². The average molecular weight is 252 g/mol. The first kappa shape index (κ1) is 13.6. The van der Waals surface area contributed by atoms with E-state index in [1.54, 1.807) is 6.20 Å². The summed E-state index contributed by atoms with van der Waals surface area (Å²) in [5, 5.41) is 13.1. The molecule has 1 atom stereocenters. The van der Waals surface area contributed by atoms with Gasteiger partial charge in [-0.25, -0.2) is 4.98 Å². The zero-order valence-corrected chi connectivity index (χ0v) is 11.4. The lowest BCUT2D eigenvalue weighted by Gasteiger charge is -2.36. The third kappa shape index (κ3) is 3.12. The van der Waals surface area contributed by atoms with E-state index in [0.717, 1.165) is 31.0 Å². The van der Waals surface area contributed by atoms with Crippen LogP contribution in [0.15, 0.2) is 10.6 Å². The quantitative estimate of drug-likeness (QED) is 0.845. The second-order valence-electron chi connectivity index (χ2n) is 5.63. The third-order valence-electron chi connectivity index (χ3n) is 4.04. The van der Waals surface area contributed by atoms with Crippen molar-refractivity contribution in [1.29, 1.82) is 0 Å². The van der Waals surface area contributed by atoms with E-state index in [4.69, 9.17) is 4.42 Å². The highest BCUT2D eigenvalue weighted by Crippen LogP contribution is 2.35. The molecule has 0 spiro atoms. The van der Waals surface area contributed by atoms with Crippen LogP contribution in [-0.2, 0) is 0 Å². The molecule has 0 bridgehead atoms. The van der Waals surface area contributed by atoms with Crippen molar-refractivity contribution >= 4 is 0 Å². The number of aromatic nitrogens is 1. The van der Waals surface area contributed by atoms with E-state index < -0.39 is 0 Å². The van der Waals surface area contributed by atoms with Crippen molar-refractivity contribution in [1.82, 2.24) is 10.3 Å². The molecular formula is C14H24N2O2. The Labute approximate surface area is 109 Å². The minimum absolute atomic E-state index is 0.0636. The standard InChI is InChI=1S/C14H24N2O2/c1-11-8-15-13(18-11)12(2)16-9-14(10-17)6-4-3-5-7-14/h8,12,16-17H,3-7,9-10H2,1-2H3. The Morgan fingerprint density at radius 1 is 1.44 bits per heavy atom. The van der Waals surface area contributed by atoms with E-state index in [9.17, 15) is 5.11 Å². The fourth-order valence-electron chi connectivity index (χ4n) is 2.72. The zero-order chi connectivity index (χ0) is 13.0. The minimum atomic E-state index is 0.0636. The van der Waals surface area contributed by atoms with Crippen LogP contribution >= 0.6 is 0 Å². The van der Waals surface area contributed by atoms with Crippen molar-refractivity contribution in [3.63, 3.8) is 0 Å². The first-order valence-corrected chi connectivity index (χ1v) is 6.92. The number of aliphatic hydroxyl groups is 1. The van der Waals surface area contributed by atoms with Gasteiger partial charge in [0.15, 0.2) is 0 Å². The van der Waals surface area contributed by atoms with Gasteiger partial charge in [0.05, 0.1) is 12.2 Å². The van der Waals surface area contributed by atoms with E-state index in [-0.39, 0.29) is 18.1 Å². The van der Waals surface area contributed by atoms with Crippen molar-refractivity contribution < 1.29 is 9.52 Å². The van der Waals surface area contributed by atoms with E-state index in [1.807, 2.05) is 6.92 Å². The number of aryl methyl sites for hydroxylation is 1. The van der Waals surface area contributed by atoms with Gasteiger partial charge in [-0.3, -0.25) is 0 Å². The van der Waals surface area contributed by atoms with Crippen molar-refractivity contribution in [2.24, 2.45) is 5.41 Å². The van der Waals surface area contributed by atoms with Gasteiger partial charge in [-0.05, 0) is 26.7 Å². The van der Waals surface area contributed by atoms with Gasteiger partial charge in [0.2, 0.25) is 5.89 Å². The van der Waals surface area contributed by atoms with E-state index in [1.165, 1.54) is 19.3 Å². The number of hydrogen-bond donors (Lipinski definition) is 2. The molecule has 1 heterocycles. The molecule has 2 rings (SSSR count). The van der Waals surface area contributed by atoms with Crippen LogP contribution in [0.2, 0.25) is 0 Å². The summed E-state index contributed by atoms with van der Waals surface area (Å²) in [6, 6.07) is 0.101. The molecule has 0 aromatic carbocycles. The highest BCUT2D eigenvalue weighted by molar-refractivity contribution is 4.96. The second kappa shape index (κ2) is 5.85. The molecule has 1 aliphatic rings. The lowest BCUT2D eigenvalue weighted by molar-refractivity contribution is 0.0778. The number of rotatable bonds is 5. The molecule has 4 nitrogen and oxygen atoms in total. The number of oxazole rings is 1. The van der Waals surface area contributed by atoms with Crippen LogP contribution in [-0.4, -0.2) is 23.2 Å². The first-order valence-electron chi connectivity index (χ1n) is 6.92. The highest BCUT2D eigenvalue weighted by atomic mass is 16.4. The van der Waals surface area contributed by atoms with Crippen LogP contribution in [0.25, 0.3) is 0 Å². The maximum absolute atomic E-state index is 9.65.